The van der Waals surface area contributed by atoms with E-state index in [1.165, 1.54) is 16.1 Å². The number of hydrogen-bond donors (Lipinski definition) is 1. The maximum absolute atomic E-state index is 12.9. The number of piperazine rings is 1. The topological polar surface area (TPSA) is 47.9 Å². The minimum absolute atomic E-state index is 0.0469. The molecule has 5 nitrogen and oxygen atoms in total. The number of rotatable bonds is 7. The van der Waals surface area contributed by atoms with Crippen molar-refractivity contribution in [3.63, 3.8) is 0 Å². The minimum atomic E-state index is -0.0469. The van der Waals surface area contributed by atoms with Gasteiger partial charge in [-0.05, 0) is 48.9 Å². The van der Waals surface area contributed by atoms with Crippen LogP contribution in [0.25, 0.3) is 0 Å². The molecule has 1 fully saturated rings. The Balaban J connectivity index is 1.18. The summed E-state index contributed by atoms with van der Waals surface area (Å²) in [5.41, 5.74) is 5.00. The molecule has 186 valence electrons. The fourth-order valence-electron chi connectivity index (χ4n) is 4.71. The van der Waals surface area contributed by atoms with Crippen molar-refractivity contribution in [3.05, 3.63) is 82.9 Å². The van der Waals surface area contributed by atoms with E-state index in [9.17, 15) is 4.79 Å². The summed E-state index contributed by atoms with van der Waals surface area (Å²) in [7, 11) is 0. The average molecular weight is 519 g/mol. The summed E-state index contributed by atoms with van der Waals surface area (Å²) in [6.07, 6.45) is 1.94. The molecule has 0 unspecified atom stereocenters. The van der Waals surface area contributed by atoms with Gasteiger partial charge in [-0.15, -0.1) is 0 Å². The molecule has 3 aromatic rings. The zero-order valence-corrected chi connectivity index (χ0v) is 22.1. The molecule has 0 aliphatic carbocycles. The maximum atomic E-state index is 12.9. The number of aliphatic imine (C=N–C) groups is 1. The quantitative estimate of drug-likeness (QED) is 0.400. The number of anilines is 1. The summed E-state index contributed by atoms with van der Waals surface area (Å²) in [5, 5.41) is 3.87. The lowest BCUT2D eigenvalue weighted by Gasteiger charge is -2.36. The van der Waals surface area contributed by atoms with Gasteiger partial charge in [0, 0.05) is 76.6 Å². The first-order valence-electron chi connectivity index (χ1n) is 12.6. The lowest BCUT2D eigenvalue weighted by Crippen LogP contribution is -2.48. The van der Waals surface area contributed by atoms with Gasteiger partial charge in [-0.25, -0.2) is 0 Å². The van der Waals surface area contributed by atoms with E-state index in [-0.39, 0.29) is 5.91 Å². The number of amides is 1. The van der Waals surface area contributed by atoms with Crippen LogP contribution in [0.15, 0.2) is 81.5 Å². The number of nitrogens with zero attached hydrogens (tertiary/aromatic N) is 3. The Morgan fingerprint density at radius 3 is 2.64 bits per heavy atom. The van der Waals surface area contributed by atoms with Gasteiger partial charge in [-0.2, -0.15) is 0 Å². The van der Waals surface area contributed by atoms with Crippen molar-refractivity contribution in [3.8, 4) is 0 Å². The summed E-state index contributed by atoms with van der Waals surface area (Å²) >= 11 is 7.87. The third kappa shape index (κ3) is 5.77. The van der Waals surface area contributed by atoms with E-state index in [1.807, 2.05) is 36.4 Å². The van der Waals surface area contributed by atoms with Gasteiger partial charge in [0.25, 0.3) is 5.91 Å². The van der Waals surface area contributed by atoms with E-state index < -0.39 is 0 Å². The van der Waals surface area contributed by atoms with E-state index >= 15 is 0 Å². The van der Waals surface area contributed by atoms with Gasteiger partial charge in [-0.3, -0.25) is 14.7 Å². The van der Waals surface area contributed by atoms with Crippen LogP contribution in [-0.2, 0) is 0 Å². The van der Waals surface area contributed by atoms with Crippen molar-refractivity contribution in [1.82, 2.24) is 10.2 Å². The Labute approximate surface area is 222 Å². The second kappa shape index (κ2) is 11.5. The van der Waals surface area contributed by atoms with Gasteiger partial charge >= 0.3 is 0 Å². The zero-order valence-electron chi connectivity index (χ0n) is 20.5. The Hall–Kier alpha value is -2.80. The fraction of sp³-hybridized carbons (Fsp3) is 0.310. The van der Waals surface area contributed by atoms with Crippen LogP contribution in [-0.4, -0.2) is 55.8 Å². The van der Waals surface area contributed by atoms with Gasteiger partial charge in [0.1, 0.15) is 0 Å². The first kappa shape index (κ1) is 24.9. The fourth-order valence-corrected chi connectivity index (χ4v) is 5.92. The summed E-state index contributed by atoms with van der Waals surface area (Å²) in [4.78, 5) is 25.0. The highest BCUT2D eigenvalue weighted by Crippen LogP contribution is 2.41. The molecule has 1 saturated heterocycles. The smallest absolute Gasteiger partial charge is 0.251 e. The van der Waals surface area contributed by atoms with Gasteiger partial charge in [0.15, 0.2) is 0 Å². The van der Waals surface area contributed by atoms with E-state index in [2.05, 4.69) is 52.4 Å². The third-order valence-electron chi connectivity index (χ3n) is 6.64. The molecule has 36 heavy (non-hydrogen) atoms. The highest BCUT2D eigenvalue weighted by molar-refractivity contribution is 7.99. The number of nitrogens with one attached hydrogen (secondary N) is 1. The van der Waals surface area contributed by atoms with Crippen molar-refractivity contribution in [1.29, 1.82) is 0 Å². The van der Waals surface area contributed by atoms with Gasteiger partial charge in [0.2, 0.25) is 0 Å². The monoisotopic (exact) mass is 518 g/mol. The number of benzene rings is 3. The SMILES string of the molecule is CCCC1=Nc2cc(C(=O)NCCN3CCN(c4cccc(Cl)c4)CC3)ccc2Sc2ccccc21. The first-order valence-corrected chi connectivity index (χ1v) is 13.8. The molecule has 0 aromatic heterocycles. The Bertz CT molecular complexity index is 1270. The number of carbonyl (C=O) groups is 1. The van der Waals surface area contributed by atoms with Gasteiger partial charge in [0.05, 0.1) is 5.69 Å². The van der Waals surface area contributed by atoms with Crippen LogP contribution in [0.1, 0.15) is 35.7 Å². The average Bonchev–Trinajstić information content (AvgIpc) is 3.05. The van der Waals surface area contributed by atoms with E-state index in [0.717, 1.165) is 66.9 Å². The number of carbonyl (C=O) groups excluding carboxylic acids is 1. The molecule has 2 aliphatic heterocycles. The van der Waals surface area contributed by atoms with Gasteiger partial charge in [-0.1, -0.05) is 61.0 Å². The molecule has 1 amide bonds. The van der Waals surface area contributed by atoms with Crippen molar-refractivity contribution in [2.45, 2.75) is 29.6 Å². The second-order valence-electron chi connectivity index (χ2n) is 9.15. The molecule has 0 spiro atoms. The first-order chi connectivity index (χ1) is 17.6. The number of fused-ring (bicyclic) bond motifs is 2. The molecule has 0 atom stereocenters. The van der Waals surface area contributed by atoms with Crippen molar-refractivity contribution >= 4 is 46.4 Å². The van der Waals surface area contributed by atoms with Crippen LogP contribution in [0.5, 0.6) is 0 Å². The molecule has 2 heterocycles. The molecule has 0 radical (unpaired) electrons. The Kier molecular flexibility index (Phi) is 7.95. The highest BCUT2D eigenvalue weighted by atomic mass is 35.5. The molecule has 7 heteroatoms. The van der Waals surface area contributed by atoms with Gasteiger partial charge < -0.3 is 10.2 Å². The molecular formula is C29H31ClN4OS. The summed E-state index contributed by atoms with van der Waals surface area (Å²) in [5.74, 6) is -0.0469. The Morgan fingerprint density at radius 2 is 1.83 bits per heavy atom. The third-order valence-corrected chi connectivity index (χ3v) is 8.02. The van der Waals surface area contributed by atoms with Crippen LogP contribution in [0.3, 0.4) is 0 Å². The summed E-state index contributed by atoms with van der Waals surface area (Å²) in [6, 6.07) is 22.3. The van der Waals surface area contributed by atoms with Crippen LogP contribution in [0, 0.1) is 0 Å². The van der Waals surface area contributed by atoms with Crippen molar-refractivity contribution < 1.29 is 4.79 Å². The van der Waals surface area contributed by atoms with E-state index in [1.54, 1.807) is 11.8 Å². The van der Waals surface area contributed by atoms with Crippen LogP contribution >= 0.6 is 23.4 Å². The molecule has 5 rings (SSSR count). The molecule has 3 aromatic carbocycles. The molecule has 0 saturated carbocycles. The maximum Gasteiger partial charge on any atom is 0.251 e. The van der Waals surface area contributed by atoms with Crippen LogP contribution in [0.4, 0.5) is 11.4 Å². The second-order valence-corrected chi connectivity index (χ2v) is 10.7. The van der Waals surface area contributed by atoms with E-state index in [0.29, 0.717) is 12.1 Å². The highest BCUT2D eigenvalue weighted by Gasteiger charge is 2.20. The summed E-state index contributed by atoms with van der Waals surface area (Å²) < 4.78 is 0. The zero-order chi connectivity index (χ0) is 24.9. The number of hydrogen-bond acceptors (Lipinski definition) is 5. The normalized spacial score (nSPS) is 15.5. The molecule has 1 N–H and O–H groups in total. The predicted octanol–water partition coefficient (Wildman–Crippen LogP) is 6.28. The minimum Gasteiger partial charge on any atom is -0.369 e. The van der Waals surface area contributed by atoms with Crippen molar-refractivity contribution in [2.24, 2.45) is 4.99 Å². The van der Waals surface area contributed by atoms with Crippen LogP contribution in [0.2, 0.25) is 5.02 Å². The Morgan fingerprint density at radius 1 is 1.00 bits per heavy atom. The number of halogens is 1. The molecular weight excluding hydrogens is 488 g/mol. The predicted molar refractivity (Wildman–Crippen MR) is 151 cm³/mol. The van der Waals surface area contributed by atoms with Crippen molar-refractivity contribution in [2.75, 3.05) is 44.2 Å². The standard InChI is InChI=1S/C29H31ClN4OS/c1-2-6-25-24-9-3-4-10-27(24)36-28-12-11-21(19-26(28)32-25)29(35)31-13-14-33-15-17-34(18-16-33)23-8-5-7-22(30)20-23/h3-5,7-12,19-20H,2,6,13-18H2,1H3,(H,31,35). The molecule has 0 bridgehead atoms. The summed E-state index contributed by atoms with van der Waals surface area (Å²) in [6.45, 7) is 7.48. The van der Waals surface area contributed by atoms with Crippen LogP contribution < -0.4 is 10.2 Å². The lowest BCUT2D eigenvalue weighted by molar-refractivity contribution is 0.0947. The largest absolute Gasteiger partial charge is 0.369 e. The lowest BCUT2D eigenvalue weighted by atomic mass is 10.1. The van der Waals surface area contributed by atoms with E-state index in [4.69, 9.17) is 16.6 Å². The molecule has 2 aliphatic rings.